The Balaban J connectivity index is 2.72. The molecule has 18 heavy (non-hydrogen) atoms. The van der Waals surface area contributed by atoms with Crippen molar-refractivity contribution in [2.45, 2.75) is 33.1 Å². The van der Waals surface area contributed by atoms with Crippen molar-refractivity contribution in [2.75, 3.05) is 0 Å². The number of nitrogens with zero attached hydrogens (tertiary/aromatic N) is 3. The number of hydrogen-bond donors (Lipinski definition) is 0. The first kappa shape index (κ1) is 13.4. The molecule has 0 spiro atoms. The van der Waals surface area contributed by atoms with Gasteiger partial charge in [0.15, 0.2) is 0 Å². The van der Waals surface area contributed by atoms with E-state index in [1.54, 1.807) is 0 Å². The average Bonchev–Trinajstić information content (AvgIpc) is 2.64. The van der Waals surface area contributed by atoms with Gasteiger partial charge in [-0.2, -0.15) is 0 Å². The van der Waals surface area contributed by atoms with Gasteiger partial charge in [0.25, 0.3) is 0 Å². The van der Waals surface area contributed by atoms with Gasteiger partial charge in [0.1, 0.15) is 5.82 Å². The lowest BCUT2D eigenvalue weighted by molar-refractivity contribution is 0.533. The van der Waals surface area contributed by atoms with Crippen molar-refractivity contribution in [1.82, 2.24) is 14.8 Å². The molecule has 1 aromatic heterocycles. The molecule has 0 aliphatic carbocycles. The Morgan fingerprint density at radius 2 is 1.78 bits per heavy atom. The van der Waals surface area contributed by atoms with E-state index in [-0.39, 0.29) is 5.41 Å². The van der Waals surface area contributed by atoms with Crippen molar-refractivity contribution in [3.05, 3.63) is 39.9 Å². The van der Waals surface area contributed by atoms with Crippen LogP contribution in [-0.2, 0) is 5.41 Å². The van der Waals surface area contributed by atoms with E-state index in [2.05, 4.69) is 31.0 Å². The van der Waals surface area contributed by atoms with Gasteiger partial charge in [0.2, 0.25) is 5.28 Å². The highest BCUT2D eigenvalue weighted by Gasteiger charge is 2.25. The molecular formula is C13H15Cl2N3. The molecule has 0 unspecified atom stereocenters. The highest BCUT2D eigenvalue weighted by atomic mass is 35.5. The lowest BCUT2D eigenvalue weighted by Gasteiger charge is -2.20. The normalized spacial score (nSPS) is 11.9. The van der Waals surface area contributed by atoms with Gasteiger partial charge in [0.05, 0.1) is 5.69 Å². The maximum Gasteiger partial charge on any atom is 0.229 e. The minimum Gasteiger partial charge on any atom is -0.269 e. The van der Waals surface area contributed by atoms with Crippen LogP contribution in [0.4, 0.5) is 0 Å². The van der Waals surface area contributed by atoms with Gasteiger partial charge in [0, 0.05) is 10.4 Å². The zero-order chi connectivity index (χ0) is 13.5. The van der Waals surface area contributed by atoms with Crippen LogP contribution in [-0.4, -0.2) is 14.8 Å². The molecule has 0 bridgehead atoms. The minimum atomic E-state index is -0.144. The van der Waals surface area contributed by atoms with Crippen LogP contribution in [0.5, 0.6) is 0 Å². The van der Waals surface area contributed by atoms with Gasteiger partial charge < -0.3 is 0 Å². The number of aromatic nitrogens is 3. The summed E-state index contributed by atoms with van der Waals surface area (Å²) >= 11 is 12.3. The van der Waals surface area contributed by atoms with E-state index in [4.69, 9.17) is 23.2 Å². The van der Waals surface area contributed by atoms with Gasteiger partial charge in [-0.25, -0.2) is 0 Å². The van der Waals surface area contributed by atoms with Crippen LogP contribution in [0.25, 0.3) is 5.69 Å². The zero-order valence-corrected chi connectivity index (χ0v) is 12.3. The van der Waals surface area contributed by atoms with Crippen LogP contribution in [0.3, 0.4) is 0 Å². The number of hydrogen-bond acceptors (Lipinski definition) is 2. The summed E-state index contributed by atoms with van der Waals surface area (Å²) in [6.07, 6.45) is 0. The topological polar surface area (TPSA) is 30.7 Å². The molecule has 0 aliphatic heterocycles. The van der Waals surface area contributed by atoms with Crippen LogP contribution >= 0.6 is 23.2 Å². The van der Waals surface area contributed by atoms with Crippen molar-refractivity contribution in [1.29, 1.82) is 0 Å². The predicted octanol–water partition coefficient (Wildman–Crippen LogP) is 4.18. The van der Waals surface area contributed by atoms with E-state index in [9.17, 15) is 0 Å². The van der Waals surface area contributed by atoms with Gasteiger partial charge in [-0.15, -0.1) is 10.2 Å². The Morgan fingerprint density at radius 3 is 2.39 bits per heavy atom. The molecule has 1 heterocycles. The van der Waals surface area contributed by atoms with Crippen molar-refractivity contribution in [3.8, 4) is 5.69 Å². The van der Waals surface area contributed by atoms with Crippen LogP contribution in [0, 0.1) is 6.92 Å². The molecule has 0 radical (unpaired) electrons. The van der Waals surface area contributed by atoms with Gasteiger partial charge in [-0.3, -0.25) is 4.57 Å². The standard InChI is InChI=1S/C13H15Cl2N3/c1-8-9(14)6-5-7-10(8)18-11(13(2,3)4)16-17-12(18)15/h5-7H,1-4H3. The highest BCUT2D eigenvalue weighted by molar-refractivity contribution is 6.31. The summed E-state index contributed by atoms with van der Waals surface area (Å²) in [7, 11) is 0. The Bertz CT molecular complexity index is 582. The zero-order valence-electron chi connectivity index (χ0n) is 10.8. The Labute approximate surface area is 117 Å². The molecule has 0 atom stereocenters. The number of benzene rings is 1. The van der Waals surface area contributed by atoms with Crippen LogP contribution < -0.4 is 0 Å². The van der Waals surface area contributed by atoms with Crippen molar-refractivity contribution in [2.24, 2.45) is 0 Å². The first-order valence-corrected chi connectivity index (χ1v) is 6.45. The van der Waals surface area contributed by atoms with Crippen molar-refractivity contribution >= 4 is 23.2 Å². The fraction of sp³-hybridized carbons (Fsp3) is 0.385. The van der Waals surface area contributed by atoms with E-state index in [0.717, 1.165) is 17.1 Å². The third kappa shape index (κ3) is 2.25. The van der Waals surface area contributed by atoms with Crippen LogP contribution in [0.15, 0.2) is 18.2 Å². The molecule has 0 N–H and O–H groups in total. The summed E-state index contributed by atoms with van der Waals surface area (Å²) in [5.74, 6) is 0.817. The largest absolute Gasteiger partial charge is 0.269 e. The SMILES string of the molecule is Cc1c(Cl)cccc1-n1c(Cl)nnc1C(C)(C)C. The molecule has 3 nitrogen and oxygen atoms in total. The third-order valence-corrected chi connectivity index (χ3v) is 3.43. The van der Waals surface area contributed by atoms with Gasteiger partial charge in [-0.05, 0) is 36.2 Å². The molecule has 0 fully saturated rings. The highest BCUT2D eigenvalue weighted by Crippen LogP contribution is 2.30. The minimum absolute atomic E-state index is 0.144. The summed E-state index contributed by atoms with van der Waals surface area (Å²) in [6.45, 7) is 8.18. The predicted molar refractivity (Wildman–Crippen MR) is 74.8 cm³/mol. The summed E-state index contributed by atoms with van der Waals surface area (Å²) < 4.78 is 1.85. The monoisotopic (exact) mass is 283 g/mol. The van der Waals surface area contributed by atoms with Crippen molar-refractivity contribution in [3.63, 3.8) is 0 Å². The molecule has 1 aromatic carbocycles. The van der Waals surface area contributed by atoms with E-state index >= 15 is 0 Å². The van der Waals surface area contributed by atoms with E-state index in [1.807, 2.05) is 29.7 Å². The number of rotatable bonds is 1. The maximum absolute atomic E-state index is 6.16. The van der Waals surface area contributed by atoms with E-state index < -0.39 is 0 Å². The summed E-state index contributed by atoms with van der Waals surface area (Å²) in [6, 6.07) is 5.72. The molecule has 0 saturated carbocycles. The summed E-state index contributed by atoms with van der Waals surface area (Å²) in [4.78, 5) is 0. The Hall–Kier alpha value is -1.06. The first-order valence-electron chi connectivity index (χ1n) is 5.69. The quantitative estimate of drug-likeness (QED) is 0.786. The second kappa shape index (κ2) is 4.56. The Kier molecular flexibility index (Phi) is 3.39. The molecule has 2 aromatic rings. The lowest BCUT2D eigenvalue weighted by atomic mass is 9.95. The second-order valence-corrected chi connectivity index (χ2v) is 6.01. The molecule has 0 saturated heterocycles. The van der Waals surface area contributed by atoms with Crippen LogP contribution in [0.2, 0.25) is 10.3 Å². The molecule has 2 rings (SSSR count). The maximum atomic E-state index is 6.16. The first-order chi connectivity index (χ1) is 8.32. The third-order valence-electron chi connectivity index (χ3n) is 2.77. The average molecular weight is 284 g/mol. The fourth-order valence-electron chi connectivity index (χ4n) is 1.80. The molecule has 0 amide bonds. The summed E-state index contributed by atoms with van der Waals surface area (Å²) in [5, 5.41) is 9.20. The second-order valence-electron chi connectivity index (χ2n) is 5.26. The smallest absolute Gasteiger partial charge is 0.229 e. The molecule has 0 aliphatic rings. The Morgan fingerprint density at radius 1 is 1.11 bits per heavy atom. The molecule has 96 valence electrons. The van der Waals surface area contributed by atoms with Gasteiger partial charge >= 0.3 is 0 Å². The lowest BCUT2D eigenvalue weighted by Crippen LogP contribution is -2.18. The van der Waals surface area contributed by atoms with Gasteiger partial charge in [-0.1, -0.05) is 38.4 Å². The molecule has 5 heteroatoms. The van der Waals surface area contributed by atoms with Crippen molar-refractivity contribution < 1.29 is 0 Å². The van der Waals surface area contributed by atoms with E-state index in [0.29, 0.717) is 10.3 Å². The summed E-state index contributed by atoms with van der Waals surface area (Å²) in [5.41, 5.74) is 1.74. The van der Waals surface area contributed by atoms with Crippen LogP contribution in [0.1, 0.15) is 32.2 Å². The van der Waals surface area contributed by atoms with E-state index in [1.165, 1.54) is 0 Å². The molecular weight excluding hydrogens is 269 g/mol. The number of halogens is 2. The fourth-order valence-corrected chi connectivity index (χ4v) is 2.18.